The van der Waals surface area contributed by atoms with E-state index in [0.717, 1.165) is 29.1 Å². The highest BCUT2D eigenvalue weighted by Gasteiger charge is 2.52. The van der Waals surface area contributed by atoms with Crippen molar-refractivity contribution >= 4 is 17.4 Å². The summed E-state index contributed by atoms with van der Waals surface area (Å²) in [6.45, 7) is 4.08. The summed E-state index contributed by atoms with van der Waals surface area (Å²) in [5, 5.41) is 18.0. The van der Waals surface area contributed by atoms with Crippen LogP contribution in [0.3, 0.4) is 0 Å². The van der Waals surface area contributed by atoms with Crippen LogP contribution in [-0.2, 0) is 15.0 Å². The lowest BCUT2D eigenvalue weighted by atomic mass is 9.47. The van der Waals surface area contributed by atoms with Gasteiger partial charge in [-0.1, -0.05) is 36.9 Å². The Morgan fingerprint density at radius 1 is 1.00 bits per heavy atom. The molecule has 0 aromatic heterocycles. The number of aliphatic carboxylic acids is 1. The van der Waals surface area contributed by atoms with Crippen LogP contribution in [0.2, 0.25) is 0 Å². The van der Waals surface area contributed by atoms with E-state index in [4.69, 9.17) is 9.94 Å². The molecule has 4 bridgehead atoms. The van der Waals surface area contributed by atoms with Gasteiger partial charge in [0.1, 0.15) is 5.75 Å². The number of nitrogens with one attached hydrogen (secondary N) is 1. The van der Waals surface area contributed by atoms with Crippen LogP contribution in [0.5, 0.6) is 5.75 Å². The highest BCUT2D eigenvalue weighted by atomic mass is 16.5. The van der Waals surface area contributed by atoms with Gasteiger partial charge in [-0.15, -0.1) is 0 Å². The van der Waals surface area contributed by atoms with Gasteiger partial charge in [-0.3, -0.25) is 10.0 Å². The molecular formula is C29H33NO5. The van der Waals surface area contributed by atoms with E-state index in [-0.39, 0.29) is 17.4 Å². The Morgan fingerprint density at radius 2 is 1.63 bits per heavy atom. The van der Waals surface area contributed by atoms with Crippen molar-refractivity contribution in [3.8, 4) is 16.9 Å². The zero-order chi connectivity index (χ0) is 24.6. The van der Waals surface area contributed by atoms with Gasteiger partial charge in [-0.05, 0) is 103 Å². The molecule has 0 aliphatic heterocycles. The van der Waals surface area contributed by atoms with Gasteiger partial charge in [-0.25, -0.2) is 10.3 Å². The van der Waals surface area contributed by atoms with E-state index < -0.39 is 11.9 Å². The molecule has 0 heterocycles. The molecule has 6 rings (SSSR count). The molecular weight excluding hydrogens is 442 g/mol. The molecule has 3 N–H and O–H groups in total. The first-order valence-corrected chi connectivity index (χ1v) is 12.6. The summed E-state index contributed by atoms with van der Waals surface area (Å²) in [7, 11) is 0. The molecule has 2 aromatic carbocycles. The number of hydroxylamine groups is 1. The summed E-state index contributed by atoms with van der Waals surface area (Å²) in [6, 6.07) is 14.0. The summed E-state index contributed by atoms with van der Waals surface area (Å²) in [5.74, 6) is 1.79. The van der Waals surface area contributed by atoms with Gasteiger partial charge in [0, 0.05) is 6.42 Å². The summed E-state index contributed by atoms with van der Waals surface area (Å²) < 4.78 is 6.03. The van der Waals surface area contributed by atoms with Crippen molar-refractivity contribution in [1.29, 1.82) is 0 Å². The lowest BCUT2D eigenvalue weighted by Gasteiger charge is -2.57. The fraction of sp³-hybridized carbons (Fsp3) is 0.448. The van der Waals surface area contributed by atoms with Crippen LogP contribution in [0.15, 0.2) is 49.0 Å². The second-order valence-electron chi connectivity index (χ2n) is 10.8. The maximum Gasteiger partial charge on any atom is 0.335 e. The third kappa shape index (κ3) is 4.72. The van der Waals surface area contributed by atoms with Crippen molar-refractivity contribution in [2.75, 3.05) is 6.61 Å². The molecule has 35 heavy (non-hydrogen) atoms. The standard InChI is InChI=1S/C29H33NO5/c1-18(28(32)33)22-4-6-23(7-5-22)25-9-8-24(35-10-2-3-27(31)30-34)14-26(25)29-15-19-11-20(16-29)13-21(12-19)17-29/h4-9,14,19-21,34H,1-3,10-13,15-17H2,(H,30,31)(H,32,33). The predicted molar refractivity (Wildman–Crippen MR) is 133 cm³/mol. The molecule has 2 aromatic rings. The number of carboxylic acid groups (broad SMARTS) is 1. The number of carbonyl (C=O) groups is 2. The van der Waals surface area contributed by atoms with Gasteiger partial charge >= 0.3 is 5.97 Å². The largest absolute Gasteiger partial charge is 0.494 e. The van der Waals surface area contributed by atoms with E-state index in [1.807, 2.05) is 30.3 Å². The van der Waals surface area contributed by atoms with Crippen LogP contribution >= 0.6 is 0 Å². The van der Waals surface area contributed by atoms with Crippen molar-refractivity contribution in [2.45, 2.75) is 56.8 Å². The number of rotatable bonds is 9. The lowest BCUT2D eigenvalue weighted by Crippen LogP contribution is -2.48. The predicted octanol–water partition coefficient (Wildman–Crippen LogP) is 5.58. The quantitative estimate of drug-likeness (QED) is 0.190. The maximum atomic E-state index is 11.3. The van der Waals surface area contributed by atoms with E-state index in [0.29, 0.717) is 18.6 Å². The highest BCUT2D eigenvalue weighted by Crippen LogP contribution is 2.62. The maximum absolute atomic E-state index is 11.3. The van der Waals surface area contributed by atoms with Gasteiger partial charge in [0.2, 0.25) is 5.91 Å². The Balaban J connectivity index is 1.46. The molecule has 4 aliphatic carbocycles. The van der Waals surface area contributed by atoms with Crippen LogP contribution in [-0.4, -0.2) is 28.8 Å². The SMILES string of the molecule is C=C(C(=O)O)c1ccc(-c2ccc(OCCCC(=O)NO)cc2C23CC4CC(CC(C4)C2)C3)cc1. The van der Waals surface area contributed by atoms with Crippen LogP contribution in [0, 0.1) is 17.8 Å². The number of carbonyl (C=O) groups excluding carboxylic acids is 1. The molecule has 0 radical (unpaired) electrons. The smallest absolute Gasteiger partial charge is 0.335 e. The van der Waals surface area contributed by atoms with Gasteiger partial charge in [-0.2, -0.15) is 0 Å². The molecule has 4 fully saturated rings. The Hall–Kier alpha value is -3.12. The molecule has 4 aliphatic rings. The van der Waals surface area contributed by atoms with Gasteiger partial charge < -0.3 is 9.84 Å². The molecule has 6 heteroatoms. The Kier molecular flexibility index (Phi) is 6.41. The van der Waals surface area contributed by atoms with Crippen molar-refractivity contribution < 1.29 is 24.6 Å². The number of carboxylic acids is 1. The minimum atomic E-state index is -1.01. The van der Waals surface area contributed by atoms with Gasteiger partial charge in [0.25, 0.3) is 0 Å². The highest BCUT2D eigenvalue weighted by molar-refractivity contribution is 6.14. The van der Waals surface area contributed by atoms with Crippen molar-refractivity contribution in [3.63, 3.8) is 0 Å². The number of amides is 1. The van der Waals surface area contributed by atoms with Crippen LogP contribution < -0.4 is 10.2 Å². The van der Waals surface area contributed by atoms with E-state index in [1.54, 1.807) is 5.48 Å². The van der Waals surface area contributed by atoms with Crippen LogP contribution in [0.1, 0.15) is 62.5 Å². The molecule has 4 saturated carbocycles. The fourth-order valence-corrected chi connectivity index (χ4v) is 7.20. The first kappa shape index (κ1) is 23.6. The fourth-order valence-electron chi connectivity index (χ4n) is 7.20. The second-order valence-corrected chi connectivity index (χ2v) is 10.8. The number of hydrogen-bond acceptors (Lipinski definition) is 4. The Morgan fingerprint density at radius 3 is 2.20 bits per heavy atom. The first-order chi connectivity index (χ1) is 16.9. The Bertz CT molecular complexity index is 1100. The van der Waals surface area contributed by atoms with Gasteiger partial charge in [0.05, 0.1) is 12.2 Å². The molecule has 6 nitrogen and oxygen atoms in total. The van der Waals surface area contributed by atoms with Crippen LogP contribution in [0.25, 0.3) is 16.7 Å². The third-order valence-electron chi connectivity index (χ3n) is 8.34. The van der Waals surface area contributed by atoms with E-state index in [1.165, 1.54) is 49.7 Å². The third-order valence-corrected chi connectivity index (χ3v) is 8.34. The molecule has 0 spiro atoms. The van der Waals surface area contributed by atoms with Crippen molar-refractivity contribution in [3.05, 3.63) is 60.2 Å². The zero-order valence-electron chi connectivity index (χ0n) is 20.0. The summed E-state index contributed by atoms with van der Waals surface area (Å²) in [4.78, 5) is 22.6. The molecule has 0 unspecified atom stereocenters. The molecule has 0 atom stereocenters. The van der Waals surface area contributed by atoms with E-state index in [2.05, 4.69) is 18.7 Å². The second kappa shape index (κ2) is 9.50. The number of hydrogen-bond donors (Lipinski definition) is 3. The van der Waals surface area contributed by atoms with Crippen molar-refractivity contribution in [2.24, 2.45) is 17.8 Å². The molecule has 1 amide bonds. The lowest BCUT2D eigenvalue weighted by molar-refractivity contribution is -0.130. The Labute approximate surface area is 206 Å². The van der Waals surface area contributed by atoms with Crippen LogP contribution in [0.4, 0.5) is 0 Å². The van der Waals surface area contributed by atoms with Crippen molar-refractivity contribution in [1.82, 2.24) is 5.48 Å². The monoisotopic (exact) mass is 475 g/mol. The molecule has 0 saturated heterocycles. The number of ether oxygens (including phenoxy) is 1. The number of benzene rings is 2. The van der Waals surface area contributed by atoms with E-state index >= 15 is 0 Å². The first-order valence-electron chi connectivity index (χ1n) is 12.6. The normalized spacial score (nSPS) is 26.4. The minimum absolute atomic E-state index is 0.0940. The van der Waals surface area contributed by atoms with E-state index in [9.17, 15) is 14.7 Å². The average molecular weight is 476 g/mol. The average Bonchev–Trinajstić information content (AvgIpc) is 2.85. The van der Waals surface area contributed by atoms with Gasteiger partial charge in [0.15, 0.2) is 0 Å². The summed E-state index contributed by atoms with van der Waals surface area (Å²) in [6.07, 6.45) is 8.50. The summed E-state index contributed by atoms with van der Waals surface area (Å²) in [5.41, 5.74) is 6.12. The molecule has 184 valence electrons. The topological polar surface area (TPSA) is 95.9 Å². The summed E-state index contributed by atoms with van der Waals surface area (Å²) >= 11 is 0. The zero-order valence-corrected chi connectivity index (χ0v) is 20.0. The minimum Gasteiger partial charge on any atom is -0.494 e.